The van der Waals surface area contributed by atoms with Crippen LogP contribution in [0.15, 0.2) is 82.2 Å². The summed E-state index contributed by atoms with van der Waals surface area (Å²) < 4.78 is 22.6. The van der Waals surface area contributed by atoms with Gasteiger partial charge in [-0.1, -0.05) is 34.1 Å². The lowest BCUT2D eigenvalue weighted by atomic mass is 10.1. The minimum Gasteiger partial charge on any atom is -0.339 e. The fourth-order valence-corrected chi connectivity index (χ4v) is 5.01. The molecule has 2 N–H and O–H groups in total. The summed E-state index contributed by atoms with van der Waals surface area (Å²) in [6.07, 6.45) is 1.07. The number of ether oxygens (including phenoxy) is 1. The number of hydrogen-bond donors (Lipinski definition) is 2. The molecule has 8 nitrogen and oxygen atoms in total. The summed E-state index contributed by atoms with van der Waals surface area (Å²) in [6, 6.07) is 19.6. The van der Waals surface area contributed by atoms with Crippen LogP contribution in [-0.4, -0.2) is 43.2 Å². The Hall–Kier alpha value is -4.02. The van der Waals surface area contributed by atoms with Gasteiger partial charge in [0.2, 0.25) is 0 Å². The van der Waals surface area contributed by atoms with Crippen LogP contribution in [0.5, 0.6) is 0 Å². The van der Waals surface area contributed by atoms with E-state index in [9.17, 15) is 14.0 Å². The van der Waals surface area contributed by atoms with Crippen molar-refractivity contribution in [3.8, 4) is 16.8 Å². The lowest BCUT2D eigenvalue weighted by Gasteiger charge is -2.23. The summed E-state index contributed by atoms with van der Waals surface area (Å²) in [4.78, 5) is 32.0. The first-order valence-electron chi connectivity index (χ1n) is 12.1. The molecular formula is C28H23BrFN5O3. The van der Waals surface area contributed by atoms with Gasteiger partial charge in [0, 0.05) is 22.8 Å². The topological polar surface area (TPSA) is 96.0 Å². The molecule has 2 aromatic heterocycles. The van der Waals surface area contributed by atoms with Crippen molar-refractivity contribution in [2.45, 2.75) is 25.7 Å². The van der Waals surface area contributed by atoms with Crippen molar-refractivity contribution in [2.24, 2.45) is 0 Å². The maximum absolute atomic E-state index is 13.7. The van der Waals surface area contributed by atoms with Gasteiger partial charge in [-0.05, 0) is 73.0 Å². The summed E-state index contributed by atoms with van der Waals surface area (Å²) in [5, 5.41) is 4.85. The normalized spacial score (nSPS) is 17.6. The van der Waals surface area contributed by atoms with E-state index < -0.39 is 12.3 Å². The van der Waals surface area contributed by atoms with E-state index in [1.54, 1.807) is 28.6 Å². The summed E-state index contributed by atoms with van der Waals surface area (Å²) in [6.45, 7) is 2.12. The van der Waals surface area contributed by atoms with Crippen molar-refractivity contribution in [3.05, 3.63) is 105 Å². The molecule has 0 spiro atoms. The van der Waals surface area contributed by atoms with Gasteiger partial charge in [0.25, 0.3) is 5.91 Å². The van der Waals surface area contributed by atoms with Gasteiger partial charge in [-0.2, -0.15) is 5.10 Å². The number of nitrogens with one attached hydrogen (secondary N) is 2. The molecule has 38 heavy (non-hydrogen) atoms. The van der Waals surface area contributed by atoms with E-state index in [4.69, 9.17) is 9.84 Å². The molecule has 10 heteroatoms. The standard InChI is InChI=1S/C28H23BrFN5O3/c1-16-26(36)34(13-12-17-2-11-23-24(14-17)32-28(37)31-23)27(38-16)25-22(18-3-7-20(30)8-4-18)15-35(33-25)21-9-5-19(29)6-10-21/h2-11,14-16,27H,12-13H2,1H3,(H2,31,32,37). The predicted molar refractivity (Wildman–Crippen MR) is 144 cm³/mol. The van der Waals surface area contributed by atoms with Gasteiger partial charge < -0.3 is 19.6 Å². The molecule has 192 valence electrons. The lowest BCUT2D eigenvalue weighted by molar-refractivity contribution is -0.130. The Labute approximate surface area is 225 Å². The quantitative estimate of drug-likeness (QED) is 0.294. The molecule has 1 fully saturated rings. The van der Waals surface area contributed by atoms with Gasteiger partial charge in [0.1, 0.15) is 17.6 Å². The van der Waals surface area contributed by atoms with Crippen molar-refractivity contribution < 1.29 is 13.9 Å². The molecule has 0 radical (unpaired) electrons. The summed E-state index contributed by atoms with van der Waals surface area (Å²) in [5.41, 5.74) is 5.07. The van der Waals surface area contributed by atoms with E-state index in [0.717, 1.165) is 32.4 Å². The highest BCUT2D eigenvalue weighted by Gasteiger charge is 2.41. The number of fused-ring (bicyclic) bond motifs is 1. The Morgan fingerprint density at radius 1 is 1.00 bits per heavy atom. The van der Waals surface area contributed by atoms with Crippen molar-refractivity contribution in [2.75, 3.05) is 6.54 Å². The van der Waals surface area contributed by atoms with Crippen LogP contribution in [-0.2, 0) is 16.0 Å². The minimum atomic E-state index is -0.718. The molecule has 1 saturated heterocycles. The lowest BCUT2D eigenvalue weighted by Crippen LogP contribution is -2.32. The monoisotopic (exact) mass is 575 g/mol. The number of halogens is 2. The Kier molecular flexibility index (Phi) is 6.21. The van der Waals surface area contributed by atoms with Gasteiger partial charge >= 0.3 is 5.69 Å². The summed E-state index contributed by atoms with van der Waals surface area (Å²) in [5.74, 6) is -0.465. The highest BCUT2D eigenvalue weighted by atomic mass is 79.9. The average Bonchev–Trinajstić information content (AvgIpc) is 3.58. The van der Waals surface area contributed by atoms with E-state index in [-0.39, 0.29) is 17.4 Å². The molecule has 5 aromatic rings. The van der Waals surface area contributed by atoms with Crippen LogP contribution < -0.4 is 5.69 Å². The molecule has 3 aromatic carbocycles. The number of aromatic nitrogens is 4. The van der Waals surface area contributed by atoms with Crippen molar-refractivity contribution in [1.82, 2.24) is 24.6 Å². The van der Waals surface area contributed by atoms with E-state index in [2.05, 4.69) is 25.9 Å². The Balaban J connectivity index is 1.36. The van der Waals surface area contributed by atoms with Crippen LogP contribution in [0.4, 0.5) is 4.39 Å². The predicted octanol–water partition coefficient (Wildman–Crippen LogP) is 5.10. The zero-order valence-electron chi connectivity index (χ0n) is 20.3. The Morgan fingerprint density at radius 2 is 1.74 bits per heavy atom. The van der Waals surface area contributed by atoms with Crippen molar-refractivity contribution in [1.29, 1.82) is 0 Å². The summed E-state index contributed by atoms with van der Waals surface area (Å²) in [7, 11) is 0. The second kappa shape index (κ2) is 9.70. The van der Waals surface area contributed by atoms with Gasteiger partial charge in [0.05, 0.1) is 16.7 Å². The van der Waals surface area contributed by atoms with E-state index >= 15 is 0 Å². The number of carbonyl (C=O) groups is 1. The molecule has 0 aliphatic carbocycles. The van der Waals surface area contributed by atoms with Gasteiger partial charge in [-0.15, -0.1) is 0 Å². The van der Waals surface area contributed by atoms with Crippen molar-refractivity contribution >= 4 is 32.9 Å². The number of nitrogens with zero attached hydrogens (tertiary/aromatic N) is 3. The molecule has 2 atom stereocenters. The number of H-pyrrole nitrogens is 2. The molecule has 1 amide bonds. The molecule has 3 heterocycles. The fraction of sp³-hybridized carbons (Fsp3) is 0.179. The van der Waals surface area contributed by atoms with E-state index in [1.807, 2.05) is 48.7 Å². The Morgan fingerprint density at radius 3 is 2.50 bits per heavy atom. The third kappa shape index (κ3) is 4.57. The number of rotatable bonds is 6. The molecule has 0 bridgehead atoms. The molecule has 1 aliphatic rings. The highest BCUT2D eigenvalue weighted by molar-refractivity contribution is 9.10. The third-order valence-corrected chi connectivity index (χ3v) is 7.22. The molecular weight excluding hydrogens is 553 g/mol. The second-order valence-corrected chi connectivity index (χ2v) is 10.1. The second-order valence-electron chi connectivity index (χ2n) is 9.23. The first kappa shape index (κ1) is 24.3. The number of carbonyl (C=O) groups excluding carboxylic acids is 1. The van der Waals surface area contributed by atoms with Crippen LogP contribution in [0.3, 0.4) is 0 Å². The zero-order chi connectivity index (χ0) is 26.4. The smallest absolute Gasteiger partial charge is 0.323 e. The van der Waals surface area contributed by atoms with Gasteiger partial charge in [0.15, 0.2) is 6.23 Å². The fourth-order valence-electron chi connectivity index (χ4n) is 4.75. The minimum absolute atomic E-state index is 0.130. The number of amides is 1. The van der Waals surface area contributed by atoms with Crippen molar-refractivity contribution in [3.63, 3.8) is 0 Å². The number of imidazole rings is 1. The Bertz CT molecular complexity index is 1690. The van der Waals surface area contributed by atoms with Gasteiger partial charge in [-0.25, -0.2) is 13.9 Å². The molecule has 2 unspecified atom stereocenters. The average molecular weight is 576 g/mol. The van der Waals surface area contributed by atoms with Gasteiger partial charge in [-0.3, -0.25) is 4.79 Å². The number of benzene rings is 3. The highest BCUT2D eigenvalue weighted by Crippen LogP contribution is 2.37. The largest absolute Gasteiger partial charge is 0.339 e. The summed E-state index contributed by atoms with van der Waals surface area (Å²) >= 11 is 3.46. The zero-order valence-corrected chi connectivity index (χ0v) is 21.9. The first-order valence-corrected chi connectivity index (χ1v) is 12.9. The van der Waals surface area contributed by atoms with Crippen LogP contribution >= 0.6 is 15.9 Å². The third-order valence-electron chi connectivity index (χ3n) is 6.69. The number of aromatic amines is 2. The van der Waals surface area contributed by atoms with Crippen LogP contribution in [0.25, 0.3) is 27.8 Å². The van der Waals surface area contributed by atoms with Crippen LogP contribution in [0.2, 0.25) is 0 Å². The maximum Gasteiger partial charge on any atom is 0.323 e. The first-order chi connectivity index (χ1) is 18.4. The SMILES string of the molecule is CC1OC(c2nn(-c3ccc(Br)cc3)cc2-c2ccc(F)cc2)N(CCc2ccc3[nH]c(=O)[nH]c3c2)C1=O. The molecule has 6 rings (SSSR count). The van der Waals surface area contributed by atoms with E-state index in [1.165, 1.54) is 12.1 Å². The van der Waals surface area contributed by atoms with E-state index in [0.29, 0.717) is 24.2 Å². The molecule has 1 aliphatic heterocycles. The van der Waals surface area contributed by atoms with Crippen LogP contribution in [0, 0.1) is 5.82 Å². The number of hydrogen-bond acceptors (Lipinski definition) is 4. The van der Waals surface area contributed by atoms with Crippen LogP contribution in [0.1, 0.15) is 24.4 Å². The maximum atomic E-state index is 13.7. The molecule has 0 saturated carbocycles.